The lowest BCUT2D eigenvalue weighted by Gasteiger charge is -2.15. The number of hydrogen-bond donors (Lipinski definition) is 2. The van der Waals surface area contributed by atoms with Crippen LogP contribution < -0.4 is 5.32 Å². The Morgan fingerprint density at radius 3 is 2.75 bits per heavy atom. The quantitative estimate of drug-likeness (QED) is 0.717. The number of aliphatic hydroxyl groups excluding tert-OH is 1. The molecule has 0 aromatic heterocycles. The molecule has 1 atom stereocenters. The Morgan fingerprint density at radius 1 is 1.38 bits per heavy atom. The van der Waals surface area contributed by atoms with Crippen LogP contribution in [0.25, 0.3) is 0 Å². The summed E-state index contributed by atoms with van der Waals surface area (Å²) >= 11 is 1.81. The minimum absolute atomic E-state index is 0.199. The van der Waals surface area contributed by atoms with Gasteiger partial charge in [0.05, 0.1) is 6.61 Å². The predicted octanol–water partition coefficient (Wildman–Crippen LogP) is 2.45. The summed E-state index contributed by atoms with van der Waals surface area (Å²) in [7, 11) is 0. The van der Waals surface area contributed by atoms with Crippen molar-refractivity contribution in [1.29, 1.82) is 0 Å². The summed E-state index contributed by atoms with van der Waals surface area (Å²) < 4.78 is 0. The number of benzene rings is 1. The first kappa shape index (κ1) is 13.6. The molecule has 0 saturated heterocycles. The molecule has 0 radical (unpaired) electrons. The summed E-state index contributed by atoms with van der Waals surface area (Å²) in [6.45, 7) is 5.43. The van der Waals surface area contributed by atoms with E-state index in [0.717, 1.165) is 18.7 Å². The molecule has 0 amide bonds. The van der Waals surface area contributed by atoms with Crippen molar-refractivity contribution >= 4 is 11.8 Å². The highest BCUT2D eigenvalue weighted by Crippen LogP contribution is 2.22. The van der Waals surface area contributed by atoms with Gasteiger partial charge in [-0.2, -0.15) is 0 Å². The van der Waals surface area contributed by atoms with Gasteiger partial charge in [-0.05, 0) is 31.5 Å². The second kappa shape index (κ2) is 7.71. The fraction of sp³-hybridized carbons (Fsp3) is 0.538. The first-order chi connectivity index (χ1) is 7.77. The summed E-state index contributed by atoms with van der Waals surface area (Å²) in [5.74, 6) is 0.918. The van der Waals surface area contributed by atoms with Crippen molar-refractivity contribution in [3.8, 4) is 0 Å². The third kappa shape index (κ3) is 4.56. The largest absolute Gasteiger partial charge is 0.395 e. The average Bonchev–Trinajstić information content (AvgIpc) is 2.31. The third-order valence-corrected chi connectivity index (χ3v) is 3.78. The SMILES string of the molecule is CCCNC(CO)CSc1ccccc1C. The number of aryl methyl sites for hydroxylation is 1. The minimum atomic E-state index is 0.199. The molecule has 0 aliphatic rings. The monoisotopic (exact) mass is 239 g/mol. The normalized spacial score (nSPS) is 12.7. The first-order valence-corrected chi connectivity index (χ1v) is 6.79. The van der Waals surface area contributed by atoms with E-state index in [1.165, 1.54) is 10.5 Å². The molecule has 3 heteroatoms. The van der Waals surface area contributed by atoms with E-state index in [9.17, 15) is 5.11 Å². The molecule has 0 heterocycles. The van der Waals surface area contributed by atoms with Gasteiger partial charge < -0.3 is 10.4 Å². The molecule has 2 N–H and O–H groups in total. The van der Waals surface area contributed by atoms with Gasteiger partial charge in [-0.25, -0.2) is 0 Å². The maximum Gasteiger partial charge on any atom is 0.0592 e. The Morgan fingerprint density at radius 2 is 2.12 bits per heavy atom. The van der Waals surface area contributed by atoms with Crippen molar-refractivity contribution in [3.63, 3.8) is 0 Å². The van der Waals surface area contributed by atoms with Crippen molar-refractivity contribution in [1.82, 2.24) is 5.32 Å². The molecule has 90 valence electrons. The van der Waals surface area contributed by atoms with Gasteiger partial charge in [0.2, 0.25) is 0 Å². The van der Waals surface area contributed by atoms with E-state index in [1.54, 1.807) is 0 Å². The molecule has 2 nitrogen and oxygen atoms in total. The van der Waals surface area contributed by atoms with Gasteiger partial charge in [-0.1, -0.05) is 25.1 Å². The van der Waals surface area contributed by atoms with Crippen molar-refractivity contribution in [3.05, 3.63) is 29.8 Å². The van der Waals surface area contributed by atoms with Crippen LogP contribution in [-0.2, 0) is 0 Å². The highest BCUT2D eigenvalue weighted by atomic mass is 32.2. The number of aliphatic hydroxyl groups is 1. The molecule has 1 unspecified atom stereocenters. The minimum Gasteiger partial charge on any atom is -0.395 e. The second-order valence-electron chi connectivity index (χ2n) is 3.91. The Labute approximate surface area is 102 Å². The number of thioether (sulfide) groups is 1. The summed E-state index contributed by atoms with van der Waals surface area (Å²) in [6.07, 6.45) is 1.10. The van der Waals surface area contributed by atoms with Crippen molar-refractivity contribution in [2.75, 3.05) is 18.9 Å². The molecule has 1 rings (SSSR count). The van der Waals surface area contributed by atoms with Gasteiger partial charge in [0.25, 0.3) is 0 Å². The number of nitrogens with one attached hydrogen (secondary N) is 1. The van der Waals surface area contributed by atoms with Gasteiger partial charge in [0.15, 0.2) is 0 Å². The summed E-state index contributed by atoms with van der Waals surface area (Å²) in [6, 6.07) is 8.56. The van der Waals surface area contributed by atoms with Gasteiger partial charge in [-0.3, -0.25) is 0 Å². The van der Waals surface area contributed by atoms with Crippen LogP contribution in [0.3, 0.4) is 0 Å². The standard InChI is InChI=1S/C13H21NOS/c1-3-8-14-12(9-15)10-16-13-7-5-4-6-11(13)2/h4-7,12,14-15H,3,8-10H2,1-2H3. The molecular formula is C13H21NOS. The van der Waals surface area contributed by atoms with Crippen LogP contribution in [-0.4, -0.2) is 30.1 Å². The van der Waals surface area contributed by atoms with Gasteiger partial charge in [0.1, 0.15) is 0 Å². The molecule has 0 fully saturated rings. The summed E-state index contributed by atoms with van der Waals surface area (Å²) in [5.41, 5.74) is 1.31. The lowest BCUT2D eigenvalue weighted by molar-refractivity contribution is 0.254. The van der Waals surface area contributed by atoms with E-state index < -0.39 is 0 Å². The van der Waals surface area contributed by atoms with E-state index in [1.807, 2.05) is 11.8 Å². The molecule has 16 heavy (non-hydrogen) atoms. The van der Waals surface area contributed by atoms with Crippen LogP contribution in [0.2, 0.25) is 0 Å². The Balaban J connectivity index is 2.40. The lowest BCUT2D eigenvalue weighted by Crippen LogP contribution is -2.35. The maximum absolute atomic E-state index is 9.22. The first-order valence-electron chi connectivity index (χ1n) is 5.80. The summed E-state index contributed by atoms with van der Waals surface area (Å²) in [4.78, 5) is 1.30. The topological polar surface area (TPSA) is 32.3 Å². The fourth-order valence-corrected chi connectivity index (χ4v) is 2.51. The molecule has 1 aromatic rings. The van der Waals surface area contributed by atoms with Crippen LogP contribution in [0.1, 0.15) is 18.9 Å². The Kier molecular flexibility index (Phi) is 6.53. The smallest absolute Gasteiger partial charge is 0.0592 e. The van der Waals surface area contributed by atoms with Crippen molar-refractivity contribution in [2.24, 2.45) is 0 Å². The number of hydrogen-bond acceptors (Lipinski definition) is 3. The second-order valence-corrected chi connectivity index (χ2v) is 4.97. The molecule has 0 saturated carbocycles. The van der Waals surface area contributed by atoms with E-state index >= 15 is 0 Å². The zero-order valence-corrected chi connectivity index (χ0v) is 10.9. The van der Waals surface area contributed by atoms with Crippen LogP contribution in [0.5, 0.6) is 0 Å². The van der Waals surface area contributed by atoms with E-state index in [0.29, 0.717) is 0 Å². The van der Waals surface area contributed by atoms with Crippen molar-refractivity contribution in [2.45, 2.75) is 31.2 Å². The van der Waals surface area contributed by atoms with E-state index in [4.69, 9.17) is 0 Å². The zero-order valence-electron chi connectivity index (χ0n) is 10.1. The van der Waals surface area contributed by atoms with Gasteiger partial charge in [0, 0.05) is 16.7 Å². The van der Waals surface area contributed by atoms with Crippen LogP contribution in [0, 0.1) is 6.92 Å². The maximum atomic E-state index is 9.22. The average molecular weight is 239 g/mol. The Bertz CT molecular complexity index is 304. The molecule has 0 spiro atoms. The molecule has 0 aliphatic heterocycles. The van der Waals surface area contributed by atoms with Crippen molar-refractivity contribution < 1.29 is 5.11 Å². The van der Waals surface area contributed by atoms with Crippen LogP contribution in [0.4, 0.5) is 0 Å². The van der Waals surface area contributed by atoms with E-state index in [2.05, 4.69) is 43.4 Å². The molecular weight excluding hydrogens is 218 g/mol. The summed E-state index contributed by atoms with van der Waals surface area (Å²) in [5, 5.41) is 12.6. The van der Waals surface area contributed by atoms with Gasteiger partial charge >= 0.3 is 0 Å². The lowest BCUT2D eigenvalue weighted by atomic mass is 10.2. The van der Waals surface area contributed by atoms with Crippen LogP contribution >= 0.6 is 11.8 Å². The fourth-order valence-electron chi connectivity index (χ4n) is 1.43. The third-order valence-electron chi connectivity index (χ3n) is 2.44. The highest BCUT2D eigenvalue weighted by molar-refractivity contribution is 7.99. The highest BCUT2D eigenvalue weighted by Gasteiger charge is 2.07. The van der Waals surface area contributed by atoms with Crippen LogP contribution in [0.15, 0.2) is 29.2 Å². The van der Waals surface area contributed by atoms with E-state index in [-0.39, 0.29) is 12.6 Å². The number of rotatable bonds is 7. The zero-order chi connectivity index (χ0) is 11.8. The van der Waals surface area contributed by atoms with Gasteiger partial charge in [-0.15, -0.1) is 11.8 Å². The predicted molar refractivity (Wildman–Crippen MR) is 71.1 cm³/mol. The molecule has 1 aromatic carbocycles. The Hall–Kier alpha value is -0.510. The molecule has 0 bridgehead atoms. The molecule has 0 aliphatic carbocycles.